The number of ether oxygens (including phenoxy) is 1. The predicted molar refractivity (Wildman–Crippen MR) is 94.2 cm³/mol. The van der Waals surface area contributed by atoms with Crippen LogP contribution in [0.4, 0.5) is 5.69 Å². The van der Waals surface area contributed by atoms with Gasteiger partial charge in [-0.15, -0.1) is 10.2 Å². The molecule has 0 aliphatic rings. The average molecular weight is 348 g/mol. The van der Waals surface area contributed by atoms with Gasteiger partial charge in [0.15, 0.2) is 5.75 Å². The van der Waals surface area contributed by atoms with Gasteiger partial charge in [0.1, 0.15) is 17.4 Å². The topological polar surface area (TPSA) is 140 Å². The lowest BCUT2D eigenvalue weighted by Crippen LogP contribution is -2.29. The molecule has 0 fully saturated rings. The zero-order valence-electron chi connectivity index (χ0n) is 13.4. The van der Waals surface area contributed by atoms with Gasteiger partial charge in [-0.1, -0.05) is 24.3 Å². The number of H-pyrrole nitrogens is 1. The van der Waals surface area contributed by atoms with Gasteiger partial charge in [-0.05, 0) is 34.9 Å². The number of aromatic nitrogens is 4. The van der Waals surface area contributed by atoms with Gasteiger partial charge >= 0.3 is 7.12 Å². The molecule has 0 aliphatic heterocycles. The molecule has 0 atom stereocenters. The third-order valence-corrected chi connectivity index (χ3v) is 3.37. The number of benzene rings is 2. The highest BCUT2D eigenvalue weighted by atomic mass is 16.5. The smallest absolute Gasteiger partial charge is 0.455 e. The fraction of sp³-hybridized carbons (Fsp3) is 0. The van der Waals surface area contributed by atoms with E-state index in [0.717, 1.165) is 0 Å². The Balaban J connectivity index is 1.79. The van der Waals surface area contributed by atoms with Gasteiger partial charge in [-0.25, -0.2) is 0 Å². The third-order valence-electron chi connectivity index (χ3n) is 3.37. The fourth-order valence-electron chi connectivity index (χ4n) is 2.08. The number of aromatic amines is 1. The maximum absolute atomic E-state index is 9.20. The van der Waals surface area contributed by atoms with E-state index in [1.54, 1.807) is 42.5 Å². The number of rotatable bonds is 6. The number of nitrogens with zero attached hydrogens (tertiary/aromatic N) is 4. The molecular formula is C16H13BN6O3. The highest BCUT2D eigenvalue weighted by Gasteiger charge is 2.11. The van der Waals surface area contributed by atoms with Crippen LogP contribution in [0.1, 0.15) is 5.82 Å². The molecule has 0 unspecified atom stereocenters. The van der Waals surface area contributed by atoms with Crippen LogP contribution >= 0.6 is 0 Å². The third kappa shape index (κ3) is 4.04. The van der Waals surface area contributed by atoms with Crippen LogP contribution in [-0.2, 0) is 0 Å². The summed E-state index contributed by atoms with van der Waals surface area (Å²) >= 11 is 0. The Bertz CT molecular complexity index is 935. The molecule has 2 aromatic carbocycles. The summed E-state index contributed by atoms with van der Waals surface area (Å²) in [7, 11) is -1.53. The molecule has 0 spiro atoms. The molecule has 0 saturated heterocycles. The number of nitriles is 1. The first-order valence-corrected chi connectivity index (χ1v) is 7.51. The lowest BCUT2D eigenvalue weighted by Gasteiger charge is -2.11. The van der Waals surface area contributed by atoms with Gasteiger partial charge in [0, 0.05) is 6.20 Å². The number of hydrogen-bond donors (Lipinski definition) is 4. The molecule has 9 nitrogen and oxygen atoms in total. The van der Waals surface area contributed by atoms with Crippen LogP contribution in [0.5, 0.6) is 11.5 Å². The van der Waals surface area contributed by atoms with Crippen LogP contribution < -0.4 is 15.5 Å². The van der Waals surface area contributed by atoms with Crippen LogP contribution in [0.2, 0.25) is 0 Å². The van der Waals surface area contributed by atoms with Gasteiger partial charge in [-0.3, -0.25) is 0 Å². The summed E-state index contributed by atoms with van der Waals surface area (Å²) in [6, 6.07) is 15.5. The zero-order chi connectivity index (χ0) is 18.4. The molecule has 26 heavy (non-hydrogen) atoms. The number of allylic oxidation sites excluding steroid dienone is 1. The van der Waals surface area contributed by atoms with E-state index in [-0.39, 0.29) is 11.4 Å². The van der Waals surface area contributed by atoms with Crippen LogP contribution in [-0.4, -0.2) is 37.8 Å². The van der Waals surface area contributed by atoms with Crippen molar-refractivity contribution in [3.05, 3.63) is 60.6 Å². The van der Waals surface area contributed by atoms with Crippen molar-refractivity contribution in [2.45, 2.75) is 0 Å². The second-order valence-corrected chi connectivity index (χ2v) is 5.09. The van der Waals surface area contributed by atoms with E-state index in [9.17, 15) is 5.26 Å². The normalized spacial score (nSPS) is 10.9. The molecule has 3 aromatic rings. The maximum Gasteiger partial charge on any atom is 0.488 e. The van der Waals surface area contributed by atoms with Crippen molar-refractivity contribution < 1.29 is 14.8 Å². The molecule has 1 heterocycles. The van der Waals surface area contributed by atoms with E-state index in [4.69, 9.17) is 14.8 Å². The lowest BCUT2D eigenvalue weighted by molar-refractivity contribution is 0.425. The minimum atomic E-state index is -1.53. The van der Waals surface area contributed by atoms with Gasteiger partial charge in [0.2, 0.25) is 5.82 Å². The number of para-hydroxylation sites is 2. The summed E-state index contributed by atoms with van der Waals surface area (Å²) in [5.41, 5.74) is 1.19. The monoisotopic (exact) mass is 348 g/mol. The average Bonchev–Trinajstić information content (AvgIpc) is 3.18. The molecule has 128 valence electrons. The van der Waals surface area contributed by atoms with Crippen molar-refractivity contribution in [3.63, 3.8) is 0 Å². The fourth-order valence-corrected chi connectivity index (χ4v) is 2.08. The lowest BCUT2D eigenvalue weighted by atomic mass is 9.80. The number of anilines is 1. The Morgan fingerprint density at radius 2 is 1.96 bits per heavy atom. The van der Waals surface area contributed by atoms with E-state index in [2.05, 4.69) is 25.9 Å². The summed E-state index contributed by atoms with van der Waals surface area (Å²) in [4.78, 5) is 0. The van der Waals surface area contributed by atoms with Gasteiger partial charge in [-0.2, -0.15) is 10.5 Å². The van der Waals surface area contributed by atoms with E-state index in [1.165, 1.54) is 6.20 Å². The molecule has 3 rings (SSSR count). The van der Waals surface area contributed by atoms with Crippen molar-refractivity contribution in [2.75, 3.05) is 5.32 Å². The predicted octanol–water partition coefficient (Wildman–Crippen LogP) is 0.648. The summed E-state index contributed by atoms with van der Waals surface area (Å²) in [5.74, 6) is 1.22. The van der Waals surface area contributed by atoms with Gasteiger partial charge in [0.25, 0.3) is 0 Å². The van der Waals surface area contributed by atoms with Crippen molar-refractivity contribution in [1.82, 2.24) is 20.6 Å². The van der Waals surface area contributed by atoms with Crippen LogP contribution in [0.25, 0.3) is 5.57 Å². The second-order valence-electron chi connectivity index (χ2n) is 5.09. The molecule has 10 heteroatoms. The number of tetrazole rings is 1. The Morgan fingerprint density at radius 3 is 2.62 bits per heavy atom. The zero-order valence-corrected chi connectivity index (χ0v) is 13.4. The van der Waals surface area contributed by atoms with Crippen LogP contribution in [0.3, 0.4) is 0 Å². The minimum Gasteiger partial charge on any atom is -0.455 e. The Morgan fingerprint density at radius 1 is 1.19 bits per heavy atom. The van der Waals surface area contributed by atoms with Crippen LogP contribution in [0, 0.1) is 11.3 Å². The summed E-state index contributed by atoms with van der Waals surface area (Å²) in [5, 5.41) is 43.7. The Hall–Kier alpha value is -3.68. The van der Waals surface area contributed by atoms with Crippen molar-refractivity contribution in [3.8, 4) is 17.6 Å². The van der Waals surface area contributed by atoms with Crippen molar-refractivity contribution in [2.24, 2.45) is 0 Å². The molecule has 0 saturated carbocycles. The van der Waals surface area contributed by atoms with Gasteiger partial charge < -0.3 is 20.1 Å². The molecule has 0 aliphatic carbocycles. The van der Waals surface area contributed by atoms with E-state index in [0.29, 0.717) is 22.6 Å². The minimum absolute atomic E-state index is 0.177. The largest absolute Gasteiger partial charge is 0.488 e. The first-order chi connectivity index (χ1) is 12.7. The van der Waals surface area contributed by atoms with Gasteiger partial charge in [0.05, 0.1) is 5.69 Å². The molecule has 0 amide bonds. The molecular weight excluding hydrogens is 335 g/mol. The quantitative estimate of drug-likeness (QED) is 0.376. The van der Waals surface area contributed by atoms with Crippen molar-refractivity contribution >= 4 is 23.8 Å². The first kappa shape index (κ1) is 17.2. The molecule has 4 N–H and O–H groups in total. The Kier molecular flexibility index (Phi) is 5.23. The standard InChI is InChI=1S/C16H13BN6O3/c18-9-11(16-20-22-23-21-16)10-19-14-3-1-2-4-15(14)26-13-7-5-12(6-8-13)17(24)25/h1-8,10,19,24-25H,(H,20,21,22,23). The summed E-state index contributed by atoms with van der Waals surface area (Å²) in [6.45, 7) is 0. The van der Waals surface area contributed by atoms with Crippen LogP contribution in [0.15, 0.2) is 54.7 Å². The van der Waals surface area contributed by atoms with E-state index in [1.807, 2.05) is 12.1 Å². The SMILES string of the molecule is N#CC(=CNc1ccccc1Oc1ccc(B(O)O)cc1)c1nn[nH]n1. The second kappa shape index (κ2) is 7.93. The Labute approximate surface area is 148 Å². The number of hydrogen-bond acceptors (Lipinski definition) is 8. The number of nitrogens with one attached hydrogen (secondary N) is 2. The van der Waals surface area contributed by atoms with E-state index >= 15 is 0 Å². The van der Waals surface area contributed by atoms with Crippen molar-refractivity contribution in [1.29, 1.82) is 5.26 Å². The van der Waals surface area contributed by atoms with E-state index < -0.39 is 7.12 Å². The summed E-state index contributed by atoms with van der Waals surface area (Å²) < 4.78 is 5.81. The first-order valence-electron chi connectivity index (χ1n) is 7.51. The molecule has 0 radical (unpaired) electrons. The highest BCUT2D eigenvalue weighted by molar-refractivity contribution is 6.58. The molecule has 0 bridgehead atoms. The summed E-state index contributed by atoms with van der Waals surface area (Å²) in [6.07, 6.45) is 1.46. The highest BCUT2D eigenvalue weighted by Crippen LogP contribution is 2.29. The maximum atomic E-state index is 9.20. The molecule has 1 aromatic heterocycles.